The fourth-order valence-corrected chi connectivity index (χ4v) is 3.36. The molecule has 3 amide bonds. The fraction of sp³-hybridized carbons (Fsp3) is 0.500. The smallest absolute Gasteiger partial charge is 0.322 e. The van der Waals surface area contributed by atoms with Crippen LogP contribution in [0.15, 0.2) is 18.2 Å². The summed E-state index contributed by atoms with van der Waals surface area (Å²) in [6.45, 7) is 5.82. The molecule has 1 spiro atoms. The van der Waals surface area contributed by atoms with Crippen molar-refractivity contribution >= 4 is 11.9 Å². The number of imide groups is 1. The number of urea groups is 1. The minimum Gasteiger partial charge on any atom is -0.322 e. The van der Waals surface area contributed by atoms with E-state index >= 15 is 0 Å². The van der Waals surface area contributed by atoms with Gasteiger partial charge in [-0.1, -0.05) is 29.3 Å². The first kappa shape index (κ1) is 14.1. The molecule has 0 radical (unpaired) electrons. The second-order valence-electron chi connectivity index (χ2n) is 6.18. The lowest BCUT2D eigenvalue weighted by Gasteiger charge is -2.31. The molecule has 0 bridgehead atoms. The predicted molar refractivity (Wildman–Crippen MR) is 79.8 cm³/mol. The molecule has 2 saturated heterocycles. The number of amides is 3. The zero-order chi connectivity index (χ0) is 15.0. The predicted octanol–water partition coefficient (Wildman–Crippen LogP) is 1.48. The zero-order valence-corrected chi connectivity index (χ0v) is 12.5. The highest BCUT2D eigenvalue weighted by Crippen LogP contribution is 2.26. The summed E-state index contributed by atoms with van der Waals surface area (Å²) in [6.07, 6.45) is 1.62. The van der Waals surface area contributed by atoms with Gasteiger partial charge in [0, 0.05) is 6.54 Å². The van der Waals surface area contributed by atoms with Crippen molar-refractivity contribution < 1.29 is 9.59 Å². The van der Waals surface area contributed by atoms with Crippen LogP contribution >= 0.6 is 0 Å². The number of nitrogens with one attached hydrogen (secondary N) is 2. The maximum atomic E-state index is 12.7. The molecule has 0 aliphatic carbocycles. The molecule has 2 fully saturated rings. The summed E-state index contributed by atoms with van der Waals surface area (Å²) in [5.41, 5.74) is 2.56. The number of benzene rings is 1. The molecule has 2 N–H and O–H groups in total. The summed E-state index contributed by atoms with van der Waals surface area (Å²) in [5.74, 6) is -0.0983. The lowest BCUT2D eigenvalue weighted by Crippen LogP contribution is -2.57. The number of carbonyl (C=O) groups excluding carboxylic acids is 2. The molecule has 1 aromatic rings. The van der Waals surface area contributed by atoms with Gasteiger partial charge in [0.05, 0.1) is 6.54 Å². The summed E-state index contributed by atoms with van der Waals surface area (Å²) in [4.78, 5) is 26.2. The van der Waals surface area contributed by atoms with E-state index in [2.05, 4.69) is 16.7 Å². The highest BCUT2D eigenvalue weighted by atomic mass is 16.2. The van der Waals surface area contributed by atoms with Gasteiger partial charge in [-0.15, -0.1) is 0 Å². The van der Waals surface area contributed by atoms with Crippen molar-refractivity contribution in [1.82, 2.24) is 15.5 Å². The Kier molecular flexibility index (Phi) is 3.45. The van der Waals surface area contributed by atoms with Gasteiger partial charge in [-0.25, -0.2) is 4.79 Å². The molecule has 3 rings (SSSR count). The molecule has 5 heteroatoms. The van der Waals surface area contributed by atoms with Gasteiger partial charge >= 0.3 is 6.03 Å². The number of piperidine rings is 1. The largest absolute Gasteiger partial charge is 0.325 e. The van der Waals surface area contributed by atoms with E-state index < -0.39 is 5.54 Å². The SMILES string of the molecule is Cc1cc(C)cc(CN2C(=O)NC3(CCCNC3)C2=O)c1. The van der Waals surface area contributed by atoms with Crippen LogP contribution in [0.4, 0.5) is 4.79 Å². The van der Waals surface area contributed by atoms with Gasteiger partial charge in [0.2, 0.25) is 0 Å². The van der Waals surface area contributed by atoms with E-state index in [1.165, 1.54) is 4.90 Å². The Labute approximate surface area is 124 Å². The molecule has 112 valence electrons. The molecule has 1 unspecified atom stereocenters. The number of nitrogens with zero attached hydrogens (tertiary/aromatic N) is 1. The van der Waals surface area contributed by atoms with Crippen molar-refractivity contribution in [2.75, 3.05) is 13.1 Å². The summed E-state index contributed by atoms with van der Waals surface area (Å²) in [7, 11) is 0. The van der Waals surface area contributed by atoms with Crippen LogP contribution in [0.1, 0.15) is 29.5 Å². The van der Waals surface area contributed by atoms with Gasteiger partial charge in [0.1, 0.15) is 5.54 Å². The van der Waals surface area contributed by atoms with Crippen molar-refractivity contribution in [2.45, 2.75) is 38.8 Å². The molecule has 1 aromatic carbocycles. The first-order valence-corrected chi connectivity index (χ1v) is 7.42. The van der Waals surface area contributed by atoms with Crippen molar-refractivity contribution in [1.29, 1.82) is 0 Å². The van der Waals surface area contributed by atoms with Crippen LogP contribution < -0.4 is 10.6 Å². The summed E-state index contributed by atoms with van der Waals surface area (Å²) < 4.78 is 0. The molecule has 1 atom stereocenters. The van der Waals surface area contributed by atoms with Gasteiger partial charge < -0.3 is 10.6 Å². The second-order valence-corrected chi connectivity index (χ2v) is 6.18. The van der Waals surface area contributed by atoms with Crippen LogP contribution in [0.5, 0.6) is 0 Å². The quantitative estimate of drug-likeness (QED) is 0.810. The first-order chi connectivity index (χ1) is 10.00. The van der Waals surface area contributed by atoms with E-state index in [4.69, 9.17) is 0 Å². The van der Waals surface area contributed by atoms with Crippen LogP contribution in [0, 0.1) is 13.8 Å². The van der Waals surface area contributed by atoms with Crippen LogP contribution in [-0.4, -0.2) is 35.5 Å². The van der Waals surface area contributed by atoms with Gasteiger partial charge in [0.25, 0.3) is 5.91 Å². The van der Waals surface area contributed by atoms with Crippen molar-refractivity contribution in [3.63, 3.8) is 0 Å². The monoisotopic (exact) mass is 287 g/mol. The van der Waals surface area contributed by atoms with Crippen LogP contribution in [0.2, 0.25) is 0 Å². The lowest BCUT2D eigenvalue weighted by atomic mass is 9.90. The summed E-state index contributed by atoms with van der Waals surface area (Å²) in [5, 5.41) is 6.10. The Hall–Kier alpha value is -1.88. The molecule has 2 heterocycles. The normalized spacial score (nSPS) is 25.5. The Morgan fingerprint density at radius 2 is 1.90 bits per heavy atom. The minimum atomic E-state index is -0.728. The number of hydrogen-bond acceptors (Lipinski definition) is 3. The zero-order valence-electron chi connectivity index (χ0n) is 12.5. The lowest BCUT2D eigenvalue weighted by molar-refractivity contribution is -0.132. The number of aryl methyl sites for hydroxylation is 2. The highest BCUT2D eigenvalue weighted by Gasteiger charge is 2.51. The topological polar surface area (TPSA) is 61.4 Å². The maximum absolute atomic E-state index is 12.7. The number of rotatable bonds is 2. The minimum absolute atomic E-state index is 0.0983. The number of hydrogen-bond donors (Lipinski definition) is 2. The highest BCUT2D eigenvalue weighted by molar-refractivity contribution is 6.07. The van der Waals surface area contributed by atoms with Crippen molar-refractivity contribution in [3.8, 4) is 0 Å². The van der Waals surface area contributed by atoms with E-state index in [1.54, 1.807) is 0 Å². The van der Waals surface area contributed by atoms with E-state index in [1.807, 2.05) is 26.0 Å². The summed E-state index contributed by atoms with van der Waals surface area (Å²) >= 11 is 0. The van der Waals surface area contributed by atoms with Gasteiger partial charge in [-0.05, 0) is 38.8 Å². The average Bonchev–Trinajstić information content (AvgIpc) is 2.63. The third-order valence-electron chi connectivity index (χ3n) is 4.25. The Morgan fingerprint density at radius 1 is 1.19 bits per heavy atom. The number of carbonyl (C=O) groups is 2. The third-order valence-corrected chi connectivity index (χ3v) is 4.25. The molecule has 21 heavy (non-hydrogen) atoms. The molecule has 2 aliphatic heterocycles. The van der Waals surface area contributed by atoms with E-state index in [0.29, 0.717) is 19.5 Å². The van der Waals surface area contributed by atoms with Crippen LogP contribution in [0.25, 0.3) is 0 Å². The maximum Gasteiger partial charge on any atom is 0.325 e. The second kappa shape index (κ2) is 5.15. The van der Waals surface area contributed by atoms with Gasteiger partial charge in [-0.2, -0.15) is 0 Å². The van der Waals surface area contributed by atoms with Gasteiger partial charge in [-0.3, -0.25) is 9.69 Å². The van der Waals surface area contributed by atoms with Crippen LogP contribution in [0.3, 0.4) is 0 Å². The van der Waals surface area contributed by atoms with E-state index in [9.17, 15) is 9.59 Å². The molecule has 2 aliphatic rings. The molecule has 0 aromatic heterocycles. The Bertz CT molecular complexity index is 571. The Balaban J connectivity index is 1.82. The first-order valence-electron chi connectivity index (χ1n) is 7.42. The summed E-state index contributed by atoms with van der Waals surface area (Å²) in [6, 6.07) is 5.86. The van der Waals surface area contributed by atoms with E-state index in [0.717, 1.165) is 29.7 Å². The van der Waals surface area contributed by atoms with Crippen molar-refractivity contribution in [3.05, 3.63) is 34.9 Å². The van der Waals surface area contributed by atoms with Gasteiger partial charge in [0.15, 0.2) is 0 Å². The van der Waals surface area contributed by atoms with E-state index in [-0.39, 0.29) is 11.9 Å². The molecule has 5 nitrogen and oxygen atoms in total. The fourth-order valence-electron chi connectivity index (χ4n) is 3.36. The molecule has 0 saturated carbocycles. The molecular formula is C16H21N3O2. The van der Waals surface area contributed by atoms with Crippen LogP contribution in [-0.2, 0) is 11.3 Å². The third kappa shape index (κ3) is 2.53. The average molecular weight is 287 g/mol. The Morgan fingerprint density at radius 3 is 2.52 bits per heavy atom. The van der Waals surface area contributed by atoms with Crippen molar-refractivity contribution in [2.24, 2.45) is 0 Å². The standard InChI is InChI=1S/C16H21N3O2/c1-11-6-12(2)8-13(7-11)9-19-14(20)16(18-15(19)21)4-3-5-17-10-16/h6-8,17H,3-5,9-10H2,1-2H3,(H,18,21). The molecular weight excluding hydrogens is 266 g/mol.